The molecule has 1 aliphatic rings. The smallest absolute Gasteiger partial charge is 0.262 e. The van der Waals surface area contributed by atoms with Crippen molar-refractivity contribution in [1.29, 1.82) is 0 Å². The van der Waals surface area contributed by atoms with Gasteiger partial charge in [0.1, 0.15) is 4.83 Å². The molecule has 1 aliphatic carbocycles. The molecule has 84 valence electrons. The number of alkyl halides is 1. The summed E-state index contributed by atoms with van der Waals surface area (Å²) in [7, 11) is 0. The van der Waals surface area contributed by atoms with Crippen molar-refractivity contribution in [3.05, 3.63) is 28.1 Å². The van der Waals surface area contributed by atoms with Gasteiger partial charge >= 0.3 is 0 Å². The SMILES string of the molecule is O=c1c2ccsc2ncn1CC1(CBr)CC1. The molecule has 2 heterocycles. The van der Waals surface area contributed by atoms with E-state index in [4.69, 9.17) is 0 Å². The summed E-state index contributed by atoms with van der Waals surface area (Å²) >= 11 is 5.04. The summed E-state index contributed by atoms with van der Waals surface area (Å²) in [4.78, 5) is 17.3. The minimum absolute atomic E-state index is 0.0958. The van der Waals surface area contributed by atoms with Crippen LogP contribution in [-0.2, 0) is 6.54 Å². The van der Waals surface area contributed by atoms with E-state index in [-0.39, 0.29) is 5.56 Å². The van der Waals surface area contributed by atoms with Gasteiger partial charge in [0.15, 0.2) is 0 Å². The molecule has 0 bridgehead atoms. The van der Waals surface area contributed by atoms with Crippen LogP contribution in [-0.4, -0.2) is 14.9 Å². The third-order valence-electron chi connectivity index (χ3n) is 3.20. The van der Waals surface area contributed by atoms with Crippen molar-refractivity contribution in [2.75, 3.05) is 5.33 Å². The first-order valence-corrected chi connectivity index (χ1v) is 7.23. The molecule has 2 aromatic rings. The second-order valence-electron chi connectivity index (χ2n) is 4.45. The maximum atomic E-state index is 12.1. The molecule has 5 heteroatoms. The van der Waals surface area contributed by atoms with E-state index in [1.54, 1.807) is 10.9 Å². The van der Waals surface area contributed by atoms with Crippen LogP contribution in [0.2, 0.25) is 0 Å². The van der Waals surface area contributed by atoms with Crippen molar-refractivity contribution in [3.63, 3.8) is 0 Å². The normalized spacial score (nSPS) is 17.8. The van der Waals surface area contributed by atoms with Crippen LogP contribution in [0.1, 0.15) is 12.8 Å². The maximum absolute atomic E-state index is 12.1. The number of halogens is 1. The molecule has 1 saturated carbocycles. The van der Waals surface area contributed by atoms with Gasteiger partial charge < -0.3 is 0 Å². The lowest BCUT2D eigenvalue weighted by atomic mass is 10.1. The van der Waals surface area contributed by atoms with Gasteiger partial charge in [-0.1, -0.05) is 15.9 Å². The van der Waals surface area contributed by atoms with E-state index in [1.165, 1.54) is 24.2 Å². The predicted molar refractivity (Wildman–Crippen MR) is 69.3 cm³/mol. The van der Waals surface area contributed by atoms with Gasteiger partial charge in [0.25, 0.3) is 5.56 Å². The molecule has 3 nitrogen and oxygen atoms in total. The topological polar surface area (TPSA) is 34.9 Å². The second kappa shape index (κ2) is 3.67. The standard InChI is InChI=1S/C11H11BrN2OS/c12-5-11(2-3-11)6-14-7-13-9-8(10(14)15)1-4-16-9/h1,4,7H,2-3,5-6H2. The summed E-state index contributed by atoms with van der Waals surface area (Å²) in [5, 5.41) is 3.63. The van der Waals surface area contributed by atoms with Gasteiger partial charge in [-0.15, -0.1) is 11.3 Å². The number of hydrogen-bond donors (Lipinski definition) is 0. The van der Waals surface area contributed by atoms with E-state index in [1.807, 2.05) is 11.4 Å². The summed E-state index contributed by atoms with van der Waals surface area (Å²) in [6.45, 7) is 0.788. The zero-order valence-electron chi connectivity index (χ0n) is 8.65. The number of rotatable bonds is 3. The van der Waals surface area contributed by atoms with Gasteiger partial charge in [-0.25, -0.2) is 4.98 Å². The minimum Gasteiger partial charge on any atom is -0.298 e. The largest absolute Gasteiger partial charge is 0.298 e. The Morgan fingerprint density at radius 3 is 3.06 bits per heavy atom. The summed E-state index contributed by atoms with van der Waals surface area (Å²) < 4.78 is 1.75. The van der Waals surface area contributed by atoms with Crippen molar-refractivity contribution in [2.45, 2.75) is 19.4 Å². The highest BCUT2D eigenvalue weighted by atomic mass is 79.9. The quantitative estimate of drug-likeness (QED) is 0.817. The number of fused-ring (bicyclic) bond motifs is 1. The number of thiophene rings is 1. The van der Waals surface area contributed by atoms with Gasteiger partial charge in [-0.2, -0.15) is 0 Å². The van der Waals surface area contributed by atoms with E-state index in [0.29, 0.717) is 5.41 Å². The molecule has 0 spiro atoms. The van der Waals surface area contributed by atoms with Gasteiger partial charge in [-0.3, -0.25) is 9.36 Å². The van der Waals surface area contributed by atoms with Crippen molar-refractivity contribution in [2.24, 2.45) is 5.41 Å². The summed E-state index contributed by atoms with van der Waals surface area (Å²) in [6, 6.07) is 1.86. The molecule has 0 atom stereocenters. The van der Waals surface area contributed by atoms with Crippen molar-refractivity contribution in [3.8, 4) is 0 Å². The minimum atomic E-state index is 0.0958. The maximum Gasteiger partial charge on any atom is 0.262 e. The third-order valence-corrected chi connectivity index (χ3v) is 5.21. The van der Waals surface area contributed by atoms with Gasteiger partial charge in [0.2, 0.25) is 0 Å². The van der Waals surface area contributed by atoms with Crippen LogP contribution in [0.15, 0.2) is 22.6 Å². The Morgan fingerprint density at radius 2 is 2.38 bits per heavy atom. The van der Waals surface area contributed by atoms with Crippen molar-refractivity contribution < 1.29 is 0 Å². The molecule has 0 aliphatic heterocycles. The van der Waals surface area contributed by atoms with Crippen molar-refractivity contribution >= 4 is 37.5 Å². The predicted octanol–water partition coefficient (Wildman–Crippen LogP) is 2.63. The van der Waals surface area contributed by atoms with E-state index in [2.05, 4.69) is 20.9 Å². The number of aromatic nitrogens is 2. The van der Waals surface area contributed by atoms with E-state index in [9.17, 15) is 4.79 Å². The third kappa shape index (κ3) is 1.62. The first-order chi connectivity index (χ1) is 7.74. The molecular weight excluding hydrogens is 288 g/mol. The molecular formula is C11H11BrN2OS. The number of nitrogens with zero attached hydrogens (tertiary/aromatic N) is 2. The molecule has 0 N–H and O–H groups in total. The Kier molecular flexibility index (Phi) is 2.40. The lowest BCUT2D eigenvalue weighted by molar-refractivity contribution is 0.463. The molecule has 16 heavy (non-hydrogen) atoms. The Labute approximate surface area is 105 Å². The fourth-order valence-corrected chi connectivity index (χ4v) is 3.34. The monoisotopic (exact) mass is 298 g/mol. The Bertz CT molecular complexity index is 585. The first kappa shape index (κ1) is 10.5. The lowest BCUT2D eigenvalue weighted by Gasteiger charge is -2.12. The molecule has 0 aromatic carbocycles. The highest BCUT2D eigenvalue weighted by Gasteiger charge is 2.42. The molecule has 3 rings (SSSR count). The van der Waals surface area contributed by atoms with Crippen LogP contribution < -0.4 is 5.56 Å². The van der Waals surface area contributed by atoms with Crippen LogP contribution in [0, 0.1) is 5.41 Å². The summed E-state index contributed by atoms with van der Waals surface area (Å²) in [6.07, 6.45) is 4.09. The van der Waals surface area contributed by atoms with E-state index < -0.39 is 0 Å². The Morgan fingerprint density at radius 1 is 1.56 bits per heavy atom. The molecule has 2 aromatic heterocycles. The van der Waals surface area contributed by atoms with Crippen LogP contribution in [0.5, 0.6) is 0 Å². The average molecular weight is 299 g/mol. The lowest BCUT2D eigenvalue weighted by Crippen LogP contribution is -2.25. The zero-order chi connectivity index (χ0) is 11.2. The van der Waals surface area contributed by atoms with Gasteiger partial charge in [0.05, 0.1) is 11.7 Å². The zero-order valence-corrected chi connectivity index (χ0v) is 11.1. The fourth-order valence-electron chi connectivity index (χ4n) is 1.88. The van der Waals surface area contributed by atoms with Crippen LogP contribution >= 0.6 is 27.3 Å². The summed E-state index contributed by atoms with van der Waals surface area (Å²) in [5.41, 5.74) is 0.397. The Hall–Kier alpha value is -0.680. The second-order valence-corrected chi connectivity index (χ2v) is 5.91. The van der Waals surface area contributed by atoms with Gasteiger partial charge in [0, 0.05) is 11.9 Å². The first-order valence-electron chi connectivity index (χ1n) is 5.23. The van der Waals surface area contributed by atoms with Crippen molar-refractivity contribution in [1.82, 2.24) is 9.55 Å². The summed E-state index contributed by atoms with van der Waals surface area (Å²) in [5.74, 6) is 0. The molecule has 0 unspecified atom stereocenters. The molecule has 0 saturated heterocycles. The highest BCUT2D eigenvalue weighted by molar-refractivity contribution is 9.09. The molecule has 1 fully saturated rings. The van der Waals surface area contributed by atoms with E-state index >= 15 is 0 Å². The molecule has 0 radical (unpaired) electrons. The van der Waals surface area contributed by atoms with Crippen LogP contribution in [0.3, 0.4) is 0 Å². The Balaban J connectivity index is 2.04. The number of hydrogen-bond acceptors (Lipinski definition) is 3. The highest BCUT2D eigenvalue weighted by Crippen LogP contribution is 2.48. The van der Waals surface area contributed by atoms with Crippen LogP contribution in [0.25, 0.3) is 10.2 Å². The average Bonchev–Trinajstić information content (AvgIpc) is 2.90. The molecule has 0 amide bonds. The van der Waals surface area contributed by atoms with Crippen LogP contribution in [0.4, 0.5) is 0 Å². The van der Waals surface area contributed by atoms with E-state index in [0.717, 1.165) is 22.1 Å². The fraction of sp³-hybridized carbons (Fsp3) is 0.455. The van der Waals surface area contributed by atoms with Gasteiger partial charge in [-0.05, 0) is 29.7 Å².